The first-order valence-electron chi connectivity index (χ1n) is 25.7. The number of ether oxygens (including phenoxy) is 7. The standard InChI is InChI=1S/C8H16N2O2.C7H13N3O3.C7H15N3O2.2C7H14N2O2.C5H12N2.C3H5ClO2.C3H6O3.5CH4/c1-9-3-5-10(6-4-9)8(11)7-12-2;1-13-6-7(11)9-2-4-10(8-12)5-3-9;1-12-6-7(11)9-2-4-10(8)5-3-9;2*1-11-6-7(10)9-4-2-8-3-5-9;1-7-4-2-6-3-5-7;2*1-6-2-3(4)5;;;;;/h3-7H2,1-2H3;2-6H2,1H3;2-6,8H2,1H3;2*8H,2-6H2,1H3;6H,2-5H2,1H3;2H2,1H3;2H2,1H3,(H,4,5);5*1H4. The van der Waals surface area contributed by atoms with Crippen LogP contribution < -0.4 is 21.8 Å². The molecule has 6 aliphatic rings. The fraction of sp³-hybridized carbons (Fsp3) is 0.865. The van der Waals surface area contributed by atoms with Crippen LogP contribution >= 0.6 is 11.6 Å². The molecule has 6 N–H and O–H groups in total. The molecule has 6 fully saturated rings. The van der Waals surface area contributed by atoms with Gasteiger partial charge in [0.25, 0.3) is 0 Å². The quantitative estimate of drug-likeness (QED) is 0.0705. The van der Waals surface area contributed by atoms with E-state index in [1.807, 2.05) is 14.7 Å². The Labute approximate surface area is 503 Å². The third-order valence-electron chi connectivity index (χ3n) is 11.4. The van der Waals surface area contributed by atoms with Crippen LogP contribution in [0.5, 0.6) is 0 Å². The Hall–Kier alpha value is -4.38. The number of carboxylic acid groups (broad SMARTS) is 1. The second-order valence-electron chi connectivity index (χ2n) is 17.6. The second-order valence-corrected chi connectivity index (χ2v) is 18.0. The van der Waals surface area contributed by atoms with E-state index >= 15 is 0 Å². The highest BCUT2D eigenvalue weighted by molar-refractivity contribution is 6.63. The van der Waals surface area contributed by atoms with E-state index in [1.165, 1.54) is 46.5 Å². The van der Waals surface area contributed by atoms with Crippen molar-refractivity contribution in [3.63, 3.8) is 0 Å². The summed E-state index contributed by atoms with van der Waals surface area (Å²) in [6.07, 6.45) is 0. The van der Waals surface area contributed by atoms with Crippen LogP contribution in [0.3, 0.4) is 0 Å². The van der Waals surface area contributed by atoms with E-state index in [4.69, 9.17) is 46.2 Å². The van der Waals surface area contributed by atoms with Gasteiger partial charge in [0.15, 0.2) is 0 Å². The molecule has 0 aromatic carbocycles. The van der Waals surface area contributed by atoms with Gasteiger partial charge < -0.3 is 88.5 Å². The summed E-state index contributed by atoms with van der Waals surface area (Å²) in [7, 11) is 14.6. The lowest BCUT2D eigenvalue weighted by Crippen LogP contribution is -2.51. The Morgan fingerprint density at radius 3 is 0.843 bits per heavy atom. The van der Waals surface area contributed by atoms with Crippen LogP contribution in [0.4, 0.5) is 0 Å². The number of nitrogens with two attached hydrogens (primary N) is 1. The normalized spacial score (nSPS) is 16.6. The lowest BCUT2D eigenvalue weighted by molar-refractivity contribution is -0.141. The maximum atomic E-state index is 11.3. The number of aliphatic carboxylic acids is 1. The number of methoxy groups -OCH3 is 7. The van der Waals surface area contributed by atoms with Gasteiger partial charge >= 0.3 is 5.97 Å². The topological polar surface area (TPSA) is 325 Å². The van der Waals surface area contributed by atoms with Crippen LogP contribution in [-0.2, 0) is 66.7 Å². The van der Waals surface area contributed by atoms with E-state index in [2.05, 4.69) is 54.6 Å². The van der Waals surface area contributed by atoms with Crippen molar-refractivity contribution < 1.29 is 71.8 Å². The number of hydrogen-bond acceptors (Lipinski definition) is 23. The molecule has 0 atom stereocenters. The highest BCUT2D eigenvalue weighted by Crippen LogP contribution is 2.03. The molecule has 0 spiro atoms. The van der Waals surface area contributed by atoms with Gasteiger partial charge in [0.1, 0.15) is 46.2 Å². The Balaban J connectivity index is -0.000000160. The van der Waals surface area contributed by atoms with Crippen molar-refractivity contribution in [2.45, 2.75) is 37.1 Å². The molecule has 496 valence electrons. The van der Waals surface area contributed by atoms with Gasteiger partial charge in [-0.05, 0) is 25.7 Å². The Morgan fingerprint density at radius 1 is 0.398 bits per heavy atom. The predicted octanol–water partition coefficient (Wildman–Crippen LogP) is -1.54. The highest BCUT2D eigenvalue weighted by atomic mass is 35.5. The molecule has 6 saturated heterocycles. The van der Waals surface area contributed by atoms with Crippen molar-refractivity contribution in [3.05, 3.63) is 4.91 Å². The van der Waals surface area contributed by atoms with Gasteiger partial charge in [0.05, 0.1) is 18.4 Å². The number of amides is 5. The summed E-state index contributed by atoms with van der Waals surface area (Å²) in [6.45, 7) is 20.9. The molecule has 0 unspecified atom stereocenters. The molecule has 0 aliphatic carbocycles. The van der Waals surface area contributed by atoms with E-state index in [1.54, 1.807) is 36.1 Å². The summed E-state index contributed by atoms with van der Waals surface area (Å²) >= 11 is 4.81. The summed E-state index contributed by atoms with van der Waals surface area (Å²) in [6, 6.07) is 0. The number of nitroso groups, excluding NO2 is 1. The predicted molar refractivity (Wildman–Crippen MR) is 325 cm³/mol. The molecule has 6 rings (SSSR count). The first-order valence-corrected chi connectivity index (χ1v) is 26.0. The number of nitrogens with one attached hydrogen (secondary N) is 3. The Bertz CT molecular complexity index is 1500. The van der Waals surface area contributed by atoms with Crippen LogP contribution in [0, 0.1) is 4.91 Å². The molecule has 0 aromatic rings. The number of hydrazine groups is 1. The first-order chi connectivity index (χ1) is 37.4. The molecule has 6 heterocycles. The molecule has 0 aromatic heterocycles. The number of piperazine rings is 6. The molecule has 5 amide bonds. The number of likely N-dealkylation sites (N-methyl/N-ethyl adjacent to an activating group) is 2. The SMILES string of the molecule is C.C.C.C.C.CN1CCNCC1.COCC(=O)Cl.COCC(=O)N1CCN(C)CC1.COCC(=O)N1CCN(N)CC1.COCC(=O)N1CCN(N=O)CC1.COCC(=O)N1CCNCC1.COCC(=O)N1CCNCC1.COCC(=O)O. The van der Waals surface area contributed by atoms with Gasteiger partial charge in [-0.2, -0.15) is 0 Å². The van der Waals surface area contributed by atoms with Crippen molar-refractivity contribution in [3.8, 4) is 0 Å². The molecule has 31 heteroatoms. The number of carboxylic acids is 1. The molecular weight excluding hydrogens is 1110 g/mol. The van der Waals surface area contributed by atoms with Crippen LogP contribution in [0.2, 0.25) is 0 Å². The fourth-order valence-corrected chi connectivity index (χ4v) is 7.08. The maximum absolute atomic E-state index is 11.3. The smallest absolute Gasteiger partial charge is 0.329 e. The van der Waals surface area contributed by atoms with Gasteiger partial charge in [-0.15, -0.1) is 4.91 Å². The van der Waals surface area contributed by atoms with Gasteiger partial charge in [0, 0.05) is 194 Å². The summed E-state index contributed by atoms with van der Waals surface area (Å²) in [5.41, 5.74) is 0. The minimum Gasteiger partial charge on any atom is -0.480 e. The summed E-state index contributed by atoms with van der Waals surface area (Å²) in [5, 5.41) is 22.9. The third kappa shape index (κ3) is 51.7. The number of hydrogen-bond donors (Lipinski definition) is 5. The number of halogens is 1. The zero-order chi connectivity index (χ0) is 58.9. The van der Waals surface area contributed by atoms with E-state index < -0.39 is 11.2 Å². The van der Waals surface area contributed by atoms with Gasteiger partial charge in [0.2, 0.25) is 34.8 Å². The minimum atomic E-state index is -0.933. The van der Waals surface area contributed by atoms with E-state index in [0.29, 0.717) is 39.3 Å². The minimum absolute atomic E-state index is 0. The summed E-state index contributed by atoms with van der Waals surface area (Å²) in [4.78, 5) is 98.9. The molecule has 30 nitrogen and oxygen atoms in total. The number of carbonyl (C=O) groups excluding carboxylic acids is 6. The van der Waals surface area contributed by atoms with Gasteiger partial charge in [-0.3, -0.25) is 39.6 Å². The monoisotopic (exact) mass is 1230 g/mol. The molecule has 0 saturated carbocycles. The van der Waals surface area contributed by atoms with Crippen molar-refractivity contribution >= 4 is 52.3 Å². The third-order valence-corrected chi connectivity index (χ3v) is 11.5. The molecule has 83 heavy (non-hydrogen) atoms. The van der Waals surface area contributed by atoms with Crippen LogP contribution in [0.25, 0.3) is 0 Å². The van der Waals surface area contributed by atoms with E-state index in [-0.39, 0.29) is 113 Å². The Morgan fingerprint density at radius 2 is 0.639 bits per heavy atom. The van der Waals surface area contributed by atoms with Crippen LogP contribution in [0.15, 0.2) is 5.29 Å². The average Bonchev–Trinajstić information content (AvgIpc) is 3.44. The fourth-order valence-electron chi connectivity index (χ4n) is 6.97. The number of nitrogens with zero attached hydrogens (tertiary/aromatic N) is 10. The van der Waals surface area contributed by atoms with Crippen molar-refractivity contribution in [2.75, 3.05) is 267 Å². The highest BCUT2D eigenvalue weighted by Gasteiger charge is 2.22. The van der Waals surface area contributed by atoms with Gasteiger partial charge in [-0.1, -0.05) is 37.1 Å². The maximum Gasteiger partial charge on any atom is 0.329 e. The Kier molecular flexibility index (Phi) is 69.2. The van der Waals surface area contributed by atoms with Crippen molar-refractivity contribution in [1.29, 1.82) is 0 Å². The van der Waals surface area contributed by atoms with Crippen molar-refractivity contribution in [1.82, 2.24) is 60.3 Å². The largest absolute Gasteiger partial charge is 0.480 e. The van der Waals surface area contributed by atoms with Crippen LogP contribution in [0.1, 0.15) is 37.1 Å². The van der Waals surface area contributed by atoms with Crippen LogP contribution in [-0.4, -0.2) is 357 Å². The van der Waals surface area contributed by atoms with Gasteiger partial charge in [-0.25, -0.2) is 9.80 Å². The molecule has 0 radical (unpaired) electrons. The zero-order valence-electron chi connectivity index (χ0n) is 47.9. The molecular formula is C52H115ClN14O16. The molecule has 0 bridgehead atoms. The average molecular weight is 1230 g/mol. The van der Waals surface area contributed by atoms with Crippen molar-refractivity contribution in [2.24, 2.45) is 11.1 Å². The number of carbonyl (C=O) groups is 7. The van der Waals surface area contributed by atoms with E-state index in [9.17, 15) is 38.5 Å². The lowest BCUT2D eigenvalue weighted by atomic mass is 10.3. The summed E-state index contributed by atoms with van der Waals surface area (Å²) in [5.74, 6) is 4.90. The lowest BCUT2D eigenvalue weighted by Gasteiger charge is -2.32. The van der Waals surface area contributed by atoms with E-state index in [0.717, 1.165) is 105 Å². The second kappa shape index (κ2) is 62.2. The summed E-state index contributed by atoms with van der Waals surface area (Å²) < 4.78 is 32.3. The number of rotatable bonds is 15. The zero-order valence-corrected chi connectivity index (χ0v) is 48.7. The molecule has 6 aliphatic heterocycles. The first kappa shape index (κ1) is 92.3.